The molecule has 9 nitrogen and oxygen atoms in total. The number of ether oxygens (including phenoxy) is 1. The second kappa shape index (κ2) is 13.2. The van der Waals surface area contributed by atoms with Crippen molar-refractivity contribution < 1.29 is 43.7 Å². The van der Waals surface area contributed by atoms with Crippen LogP contribution in [-0.2, 0) is 18.3 Å². The highest BCUT2D eigenvalue weighted by molar-refractivity contribution is 7.47. The maximum absolute atomic E-state index is 12.9. The van der Waals surface area contributed by atoms with Gasteiger partial charge in [-0.25, -0.2) is 4.57 Å². The minimum Gasteiger partial charge on any atom is -0.387 e. The second-order valence-corrected chi connectivity index (χ2v) is 17.4. The van der Waals surface area contributed by atoms with Gasteiger partial charge in [0.15, 0.2) is 6.29 Å². The molecule has 10 heteroatoms. The van der Waals surface area contributed by atoms with Crippen LogP contribution in [0.3, 0.4) is 0 Å². The highest BCUT2D eigenvalue weighted by Gasteiger charge is 2.61. The van der Waals surface area contributed by atoms with E-state index in [0.29, 0.717) is 23.7 Å². The molecule has 43 heavy (non-hydrogen) atoms. The third-order valence-electron chi connectivity index (χ3n) is 13.2. The van der Waals surface area contributed by atoms with Crippen LogP contribution in [0.25, 0.3) is 0 Å². The molecule has 0 radical (unpaired) electrons. The largest absolute Gasteiger partial charge is 0.472 e. The molecular weight excluding hydrogens is 571 g/mol. The van der Waals surface area contributed by atoms with Gasteiger partial charge < -0.3 is 30.1 Å². The minimum atomic E-state index is -4.48. The molecule has 1 aliphatic heterocycles. The predicted octanol–water partition coefficient (Wildman–Crippen LogP) is 5.41. The van der Waals surface area contributed by atoms with E-state index in [0.717, 1.165) is 48.9 Å². The van der Waals surface area contributed by atoms with Crippen molar-refractivity contribution >= 4 is 7.82 Å². The van der Waals surface area contributed by atoms with Gasteiger partial charge in [-0.1, -0.05) is 53.9 Å². The molecule has 2 unspecified atom stereocenters. The summed E-state index contributed by atoms with van der Waals surface area (Å²) in [4.78, 5) is 10.5. The van der Waals surface area contributed by atoms with Crippen molar-refractivity contribution in [2.75, 3.05) is 6.61 Å². The number of aliphatic hydroxyl groups excluding tert-OH is 4. The summed E-state index contributed by atoms with van der Waals surface area (Å²) in [5.41, 5.74) is 0.682. The first-order chi connectivity index (χ1) is 20.2. The van der Waals surface area contributed by atoms with Crippen molar-refractivity contribution in [3.8, 4) is 0 Å². The highest BCUT2D eigenvalue weighted by atomic mass is 31.2. The Hall–Kier alpha value is -0.0900. The zero-order valence-corrected chi connectivity index (χ0v) is 27.9. The maximum Gasteiger partial charge on any atom is 0.472 e. The van der Waals surface area contributed by atoms with Crippen LogP contribution in [-0.4, -0.2) is 68.7 Å². The number of fused-ring (bicyclic) bond motifs is 5. The molecule has 0 aromatic heterocycles. The lowest BCUT2D eigenvalue weighted by Gasteiger charge is -2.61. The van der Waals surface area contributed by atoms with Crippen molar-refractivity contribution in [1.82, 2.24) is 0 Å². The fourth-order valence-corrected chi connectivity index (χ4v) is 11.8. The normalized spacial score (nSPS) is 48.7. The van der Waals surface area contributed by atoms with Crippen LogP contribution >= 0.6 is 7.82 Å². The molecular formula is C33H59O9P. The van der Waals surface area contributed by atoms with Gasteiger partial charge in [0.25, 0.3) is 0 Å². The molecule has 1 heterocycles. The van der Waals surface area contributed by atoms with Crippen molar-refractivity contribution in [3.05, 3.63) is 0 Å². The smallest absolute Gasteiger partial charge is 0.387 e. The number of phosphoric acid groups is 1. The molecule has 4 saturated carbocycles. The molecule has 1 saturated heterocycles. The van der Waals surface area contributed by atoms with Crippen LogP contribution in [0.4, 0.5) is 0 Å². The second-order valence-electron chi connectivity index (χ2n) is 16.0. The van der Waals surface area contributed by atoms with E-state index in [1.807, 2.05) is 0 Å². The van der Waals surface area contributed by atoms with Gasteiger partial charge in [0.05, 0.1) is 12.7 Å². The molecule has 5 fully saturated rings. The van der Waals surface area contributed by atoms with E-state index in [2.05, 4.69) is 34.6 Å². The maximum atomic E-state index is 12.9. The topological polar surface area (TPSA) is 146 Å². The van der Waals surface area contributed by atoms with Gasteiger partial charge in [-0.2, -0.15) is 0 Å². The third-order valence-corrected chi connectivity index (χ3v) is 14.2. The zero-order valence-electron chi connectivity index (χ0n) is 27.0. The van der Waals surface area contributed by atoms with Gasteiger partial charge in [-0.05, 0) is 110 Å². The molecule has 5 rings (SSSR count). The quantitative estimate of drug-likeness (QED) is 0.200. The summed E-state index contributed by atoms with van der Waals surface area (Å²) in [5.74, 6) is 5.18. The summed E-state index contributed by atoms with van der Waals surface area (Å²) in [6, 6.07) is 0. The van der Waals surface area contributed by atoms with Crippen LogP contribution in [0.15, 0.2) is 0 Å². The monoisotopic (exact) mass is 630 g/mol. The van der Waals surface area contributed by atoms with Crippen LogP contribution in [0.2, 0.25) is 0 Å². The average Bonchev–Trinajstić information content (AvgIpc) is 3.30. The number of aliphatic hydroxyl groups is 4. The minimum absolute atomic E-state index is 0.221. The molecule has 0 aromatic carbocycles. The van der Waals surface area contributed by atoms with E-state index >= 15 is 0 Å². The Bertz CT molecular complexity index is 995. The molecule has 4 aliphatic carbocycles. The number of phosphoric ester groups is 1. The Balaban J connectivity index is 1.15. The van der Waals surface area contributed by atoms with E-state index in [9.17, 15) is 29.9 Å². The van der Waals surface area contributed by atoms with Crippen LogP contribution in [0.1, 0.15) is 112 Å². The summed E-state index contributed by atoms with van der Waals surface area (Å²) in [7, 11) is -4.48. The molecule has 15 atom stereocenters. The average molecular weight is 631 g/mol. The lowest BCUT2D eigenvalue weighted by molar-refractivity contribution is -0.285. The Morgan fingerprint density at radius 3 is 2.28 bits per heavy atom. The van der Waals surface area contributed by atoms with Gasteiger partial charge in [0.2, 0.25) is 0 Å². The van der Waals surface area contributed by atoms with Gasteiger partial charge in [0.1, 0.15) is 24.4 Å². The van der Waals surface area contributed by atoms with Crippen molar-refractivity contribution in [1.29, 1.82) is 0 Å². The first kappa shape index (κ1) is 34.3. The number of hydrogen-bond acceptors (Lipinski definition) is 8. The highest BCUT2D eigenvalue weighted by Crippen LogP contribution is 2.69. The van der Waals surface area contributed by atoms with Crippen LogP contribution < -0.4 is 0 Å². The van der Waals surface area contributed by atoms with E-state index in [1.54, 1.807) is 0 Å². The molecule has 5 aliphatic rings. The van der Waals surface area contributed by atoms with E-state index in [-0.39, 0.29) is 5.41 Å². The first-order valence-corrected chi connectivity index (χ1v) is 18.7. The standard InChI is InChI=1S/C33H59O9P/c1-19(2)7-6-8-20(3)24-11-12-25-23-10-9-21-17-22(13-15-32(21,4)26(23)14-16-33(24,25)5)42-43(38,39)40-18-27-28(34)29(35)30(36)31(37)41-27/h19-31,34-37H,6-18H2,1-5H3,(H,38,39)/t20-,21+,22+,23+,24-,25+,26+,27-,28-,29+,30-,31?,32+,33-/m1/s1. The third kappa shape index (κ3) is 6.82. The zero-order chi connectivity index (χ0) is 31.3. The lowest BCUT2D eigenvalue weighted by Crippen LogP contribution is -2.58. The van der Waals surface area contributed by atoms with E-state index in [1.165, 1.54) is 51.4 Å². The Morgan fingerprint density at radius 1 is 0.860 bits per heavy atom. The van der Waals surface area contributed by atoms with Crippen LogP contribution in [0.5, 0.6) is 0 Å². The molecule has 0 bridgehead atoms. The van der Waals surface area contributed by atoms with Gasteiger partial charge in [-0.15, -0.1) is 0 Å². The van der Waals surface area contributed by atoms with E-state index in [4.69, 9.17) is 13.8 Å². The fourth-order valence-electron chi connectivity index (χ4n) is 10.8. The van der Waals surface area contributed by atoms with Gasteiger partial charge in [0, 0.05) is 0 Å². The van der Waals surface area contributed by atoms with Crippen LogP contribution in [0, 0.1) is 52.3 Å². The summed E-state index contributed by atoms with van der Waals surface area (Å²) in [5, 5.41) is 39.4. The van der Waals surface area contributed by atoms with Crippen molar-refractivity contribution in [3.63, 3.8) is 0 Å². The summed E-state index contributed by atoms with van der Waals surface area (Å²) in [6.07, 6.45) is 5.90. The Morgan fingerprint density at radius 2 is 1.56 bits per heavy atom. The Labute approximate surface area is 258 Å². The lowest BCUT2D eigenvalue weighted by atomic mass is 9.44. The first-order valence-electron chi connectivity index (χ1n) is 17.2. The van der Waals surface area contributed by atoms with Crippen molar-refractivity contribution in [2.45, 2.75) is 148 Å². The number of rotatable bonds is 10. The Kier molecular flexibility index (Phi) is 10.5. The molecule has 0 spiro atoms. The number of hydrogen-bond donors (Lipinski definition) is 5. The molecule has 5 N–H and O–H groups in total. The summed E-state index contributed by atoms with van der Waals surface area (Å²) < 4.78 is 28.7. The van der Waals surface area contributed by atoms with E-state index < -0.39 is 51.2 Å². The molecule has 0 amide bonds. The van der Waals surface area contributed by atoms with Crippen molar-refractivity contribution in [2.24, 2.45) is 52.3 Å². The fraction of sp³-hybridized carbons (Fsp3) is 1.00. The predicted molar refractivity (Wildman–Crippen MR) is 163 cm³/mol. The summed E-state index contributed by atoms with van der Waals surface area (Å²) in [6.45, 7) is 11.7. The SMILES string of the molecule is CC(C)CCC[C@@H](C)[C@H]1CC[C@H]2[C@@H]3CC[C@H]4C[C@@H](OP(=O)(O)OC[C@H]5OC(O)[C@H](O)[C@@H](O)[C@@H]5O)CC[C@]4(C)[C@H]3CC[C@]12C. The van der Waals surface area contributed by atoms with Gasteiger partial charge in [-0.3, -0.25) is 9.05 Å². The molecule has 0 aromatic rings. The van der Waals surface area contributed by atoms with Gasteiger partial charge >= 0.3 is 7.82 Å². The molecule has 250 valence electrons. The summed E-state index contributed by atoms with van der Waals surface area (Å²) >= 11 is 0.